The Morgan fingerprint density at radius 1 is 1.00 bits per heavy atom. The number of carbonyl (C=O) groups is 1. The van der Waals surface area contributed by atoms with Gasteiger partial charge in [0.05, 0.1) is 24.2 Å². The number of aryl methyl sites for hydroxylation is 1. The zero-order valence-corrected chi connectivity index (χ0v) is 16.5. The Labute approximate surface area is 173 Å². The minimum atomic E-state index is -0.333. The van der Waals surface area contributed by atoms with Crippen LogP contribution in [0.15, 0.2) is 77.9 Å². The Balaban J connectivity index is 1.60. The van der Waals surface area contributed by atoms with E-state index in [-0.39, 0.29) is 18.1 Å². The van der Waals surface area contributed by atoms with E-state index in [4.69, 9.17) is 0 Å². The normalized spacial score (nSPS) is 10.7. The van der Waals surface area contributed by atoms with Crippen LogP contribution in [0.1, 0.15) is 16.8 Å². The van der Waals surface area contributed by atoms with E-state index in [1.165, 1.54) is 4.68 Å². The van der Waals surface area contributed by atoms with Gasteiger partial charge in [0.25, 0.3) is 5.56 Å². The highest BCUT2D eigenvalue weighted by Gasteiger charge is 2.12. The highest BCUT2D eigenvalue weighted by molar-refractivity contribution is 5.90. The third-order valence-corrected chi connectivity index (χ3v) is 4.81. The number of pyridine rings is 1. The molecular weight excluding hydrogens is 378 g/mol. The lowest BCUT2D eigenvalue weighted by Gasteiger charge is -2.13. The van der Waals surface area contributed by atoms with Crippen LogP contribution in [0.3, 0.4) is 0 Å². The summed E-state index contributed by atoms with van der Waals surface area (Å²) < 4.78 is 1.41. The number of nitrogens with zero attached hydrogens (tertiary/aromatic N) is 3. The topological polar surface area (TPSA) is 88.9 Å². The van der Waals surface area contributed by atoms with Crippen LogP contribution < -0.4 is 16.2 Å². The van der Waals surface area contributed by atoms with Gasteiger partial charge in [0.1, 0.15) is 0 Å². The Kier molecular flexibility index (Phi) is 5.52. The Bertz CT molecular complexity index is 1250. The Morgan fingerprint density at radius 2 is 1.77 bits per heavy atom. The molecule has 7 nitrogen and oxygen atoms in total. The number of aromatic nitrogens is 3. The van der Waals surface area contributed by atoms with Crippen molar-refractivity contribution >= 4 is 22.5 Å². The van der Waals surface area contributed by atoms with Crippen LogP contribution in [0.2, 0.25) is 0 Å². The van der Waals surface area contributed by atoms with Gasteiger partial charge in [-0.1, -0.05) is 42.5 Å². The minimum absolute atomic E-state index is 0.178. The first-order valence-corrected chi connectivity index (χ1v) is 9.60. The van der Waals surface area contributed by atoms with Crippen LogP contribution in [0.5, 0.6) is 0 Å². The fraction of sp³-hybridized carbons (Fsp3) is 0.130. The molecule has 30 heavy (non-hydrogen) atoms. The largest absolute Gasteiger partial charge is 0.332 e. The molecule has 4 aromatic rings. The van der Waals surface area contributed by atoms with Crippen molar-refractivity contribution in [1.29, 1.82) is 0 Å². The Hall–Kier alpha value is -4.00. The molecule has 0 aliphatic rings. The van der Waals surface area contributed by atoms with E-state index in [9.17, 15) is 9.59 Å². The summed E-state index contributed by atoms with van der Waals surface area (Å²) in [4.78, 5) is 29.4. The van der Waals surface area contributed by atoms with E-state index in [2.05, 4.69) is 20.7 Å². The predicted molar refractivity (Wildman–Crippen MR) is 116 cm³/mol. The second-order valence-electron chi connectivity index (χ2n) is 6.94. The Morgan fingerprint density at radius 3 is 2.53 bits per heavy atom. The van der Waals surface area contributed by atoms with Gasteiger partial charge in [0.2, 0.25) is 0 Å². The van der Waals surface area contributed by atoms with Crippen LogP contribution in [0.4, 0.5) is 10.5 Å². The van der Waals surface area contributed by atoms with Crippen molar-refractivity contribution in [2.45, 2.75) is 20.0 Å². The summed E-state index contributed by atoms with van der Waals surface area (Å²) in [7, 11) is 0. The van der Waals surface area contributed by atoms with Crippen LogP contribution in [0.25, 0.3) is 10.8 Å². The molecule has 2 heterocycles. The van der Waals surface area contributed by atoms with Crippen molar-refractivity contribution < 1.29 is 4.79 Å². The standard InChI is InChI=1S/C23H21N5O2/c1-16-7-2-5-11-20(16)26-23(30)25-14-21-18-9-3-4-10-19(18)22(29)28(27-21)15-17-8-6-12-24-13-17/h2-13H,14-15H2,1H3,(H2,25,26,30). The maximum absolute atomic E-state index is 12.9. The van der Waals surface area contributed by atoms with E-state index in [0.29, 0.717) is 17.6 Å². The number of fused-ring (bicyclic) bond motifs is 1. The second kappa shape index (κ2) is 8.57. The quantitative estimate of drug-likeness (QED) is 0.538. The van der Waals surface area contributed by atoms with E-state index in [1.807, 2.05) is 61.5 Å². The molecule has 0 aliphatic carbocycles. The number of benzene rings is 2. The number of nitrogens with one attached hydrogen (secondary N) is 2. The summed E-state index contributed by atoms with van der Waals surface area (Å²) in [5, 5.41) is 11.5. The average molecular weight is 399 g/mol. The van der Waals surface area contributed by atoms with Gasteiger partial charge in [-0.3, -0.25) is 9.78 Å². The van der Waals surface area contributed by atoms with E-state index in [0.717, 1.165) is 22.2 Å². The molecule has 150 valence electrons. The van der Waals surface area contributed by atoms with Crippen molar-refractivity contribution in [1.82, 2.24) is 20.1 Å². The molecule has 2 aromatic carbocycles. The minimum Gasteiger partial charge on any atom is -0.332 e. The first-order valence-electron chi connectivity index (χ1n) is 9.60. The lowest BCUT2D eigenvalue weighted by atomic mass is 10.1. The lowest BCUT2D eigenvalue weighted by Crippen LogP contribution is -2.31. The smallest absolute Gasteiger partial charge is 0.319 e. The molecule has 2 amide bonds. The molecular formula is C23H21N5O2. The summed E-state index contributed by atoms with van der Waals surface area (Å²) in [6.45, 7) is 2.42. The molecule has 0 spiro atoms. The molecule has 0 unspecified atom stereocenters. The van der Waals surface area contributed by atoms with Crippen LogP contribution >= 0.6 is 0 Å². The lowest BCUT2D eigenvalue weighted by molar-refractivity contribution is 0.251. The molecule has 2 aromatic heterocycles. The first kappa shape index (κ1) is 19.3. The van der Waals surface area contributed by atoms with E-state index >= 15 is 0 Å². The summed E-state index contributed by atoms with van der Waals surface area (Å²) in [5.41, 5.74) is 3.03. The van der Waals surface area contributed by atoms with Gasteiger partial charge in [0, 0.05) is 23.5 Å². The number of rotatable bonds is 5. The molecule has 0 fully saturated rings. The highest BCUT2D eigenvalue weighted by Crippen LogP contribution is 2.15. The molecule has 0 saturated heterocycles. The fourth-order valence-electron chi connectivity index (χ4n) is 3.25. The summed E-state index contributed by atoms with van der Waals surface area (Å²) in [6.07, 6.45) is 3.39. The van der Waals surface area contributed by atoms with Crippen molar-refractivity contribution in [2.24, 2.45) is 0 Å². The molecule has 0 atom stereocenters. The average Bonchev–Trinajstić information content (AvgIpc) is 2.77. The fourth-order valence-corrected chi connectivity index (χ4v) is 3.25. The zero-order valence-electron chi connectivity index (χ0n) is 16.5. The third-order valence-electron chi connectivity index (χ3n) is 4.81. The van der Waals surface area contributed by atoms with E-state index in [1.54, 1.807) is 18.5 Å². The maximum atomic E-state index is 12.9. The van der Waals surface area contributed by atoms with Crippen LogP contribution in [-0.2, 0) is 13.1 Å². The molecule has 4 rings (SSSR count). The van der Waals surface area contributed by atoms with Gasteiger partial charge >= 0.3 is 6.03 Å². The van der Waals surface area contributed by atoms with Gasteiger partial charge < -0.3 is 10.6 Å². The summed E-state index contributed by atoms with van der Waals surface area (Å²) in [6, 6.07) is 18.2. The molecule has 0 aliphatic heterocycles. The third kappa shape index (κ3) is 4.20. The van der Waals surface area contributed by atoms with E-state index < -0.39 is 0 Å². The SMILES string of the molecule is Cc1ccccc1NC(=O)NCc1nn(Cc2cccnc2)c(=O)c2ccccc12. The van der Waals surface area contributed by atoms with Gasteiger partial charge in [-0.2, -0.15) is 5.10 Å². The molecule has 2 N–H and O–H groups in total. The van der Waals surface area contributed by atoms with Gasteiger partial charge in [-0.15, -0.1) is 0 Å². The summed E-state index contributed by atoms with van der Waals surface area (Å²) >= 11 is 0. The highest BCUT2D eigenvalue weighted by atomic mass is 16.2. The maximum Gasteiger partial charge on any atom is 0.319 e. The molecule has 0 radical (unpaired) electrons. The zero-order chi connectivity index (χ0) is 20.9. The molecule has 7 heteroatoms. The van der Waals surface area contributed by atoms with Crippen molar-refractivity contribution in [3.63, 3.8) is 0 Å². The van der Waals surface area contributed by atoms with Crippen molar-refractivity contribution in [2.75, 3.05) is 5.32 Å². The van der Waals surface area contributed by atoms with Gasteiger partial charge in [-0.25, -0.2) is 9.48 Å². The van der Waals surface area contributed by atoms with Gasteiger partial charge in [-0.05, 0) is 36.2 Å². The number of amides is 2. The summed E-state index contributed by atoms with van der Waals surface area (Å²) in [5.74, 6) is 0. The number of carbonyl (C=O) groups excluding carboxylic acids is 1. The monoisotopic (exact) mass is 399 g/mol. The first-order chi connectivity index (χ1) is 14.6. The van der Waals surface area contributed by atoms with Crippen molar-refractivity contribution in [3.05, 3.63) is 100 Å². The number of urea groups is 1. The predicted octanol–water partition coefficient (Wildman–Crippen LogP) is 3.47. The molecule has 0 saturated carbocycles. The number of hydrogen-bond acceptors (Lipinski definition) is 4. The number of hydrogen-bond donors (Lipinski definition) is 2. The van der Waals surface area contributed by atoms with Gasteiger partial charge in [0.15, 0.2) is 0 Å². The number of para-hydroxylation sites is 1. The number of anilines is 1. The van der Waals surface area contributed by atoms with Crippen LogP contribution in [0, 0.1) is 6.92 Å². The van der Waals surface area contributed by atoms with Crippen molar-refractivity contribution in [3.8, 4) is 0 Å². The van der Waals surface area contributed by atoms with Crippen LogP contribution in [-0.4, -0.2) is 20.8 Å². The molecule has 0 bridgehead atoms. The second-order valence-corrected chi connectivity index (χ2v) is 6.94.